The first-order valence-electron chi connectivity index (χ1n) is 10.4. The number of alkyl carbamates (subject to hydrolysis) is 1. The number of nitrogens with zero attached hydrogens (tertiary/aromatic N) is 1. The summed E-state index contributed by atoms with van der Waals surface area (Å²) in [4.78, 5) is 16.8. The number of furan rings is 1. The smallest absolute Gasteiger partial charge is 0.408 e. The van der Waals surface area contributed by atoms with Gasteiger partial charge in [0.05, 0.1) is 18.8 Å². The molecule has 0 saturated heterocycles. The monoisotopic (exact) mass is 558 g/mol. The van der Waals surface area contributed by atoms with Crippen molar-refractivity contribution < 1.29 is 19.1 Å². The first kappa shape index (κ1) is 27.8. The zero-order valence-corrected chi connectivity index (χ0v) is 21.7. The number of aliphatic imine (C=N–C) groups is 1. The summed E-state index contributed by atoms with van der Waals surface area (Å²) in [5.74, 6) is 0.960. The van der Waals surface area contributed by atoms with Crippen LogP contribution in [0.25, 0.3) is 0 Å². The molecule has 9 heteroatoms. The van der Waals surface area contributed by atoms with Crippen molar-refractivity contribution in [2.45, 2.75) is 51.9 Å². The van der Waals surface area contributed by atoms with Gasteiger partial charge in [0.25, 0.3) is 0 Å². The number of hydrogen-bond donors (Lipinski definition) is 4. The molecule has 32 heavy (non-hydrogen) atoms. The van der Waals surface area contributed by atoms with Gasteiger partial charge in [-0.3, -0.25) is 0 Å². The summed E-state index contributed by atoms with van der Waals surface area (Å²) in [6.45, 7) is 10.2. The van der Waals surface area contributed by atoms with Gasteiger partial charge in [-0.1, -0.05) is 30.3 Å². The largest absolute Gasteiger partial charge is 0.466 e. The zero-order chi connectivity index (χ0) is 22.9. The van der Waals surface area contributed by atoms with Crippen LogP contribution in [0.1, 0.15) is 52.0 Å². The number of rotatable bonds is 8. The van der Waals surface area contributed by atoms with Crippen LogP contribution in [0.3, 0.4) is 0 Å². The van der Waals surface area contributed by atoms with E-state index in [0.717, 1.165) is 5.56 Å². The van der Waals surface area contributed by atoms with Crippen LogP contribution in [0.15, 0.2) is 58.1 Å². The molecular weight excluding hydrogens is 523 g/mol. The number of ether oxygens (including phenoxy) is 1. The highest BCUT2D eigenvalue weighted by Gasteiger charge is 2.26. The van der Waals surface area contributed by atoms with Crippen LogP contribution >= 0.6 is 24.0 Å². The third kappa shape index (κ3) is 9.47. The minimum atomic E-state index is -1.24. The van der Waals surface area contributed by atoms with Gasteiger partial charge in [0.2, 0.25) is 0 Å². The second kappa shape index (κ2) is 12.7. The summed E-state index contributed by atoms with van der Waals surface area (Å²) < 4.78 is 10.7. The second-order valence-electron chi connectivity index (χ2n) is 8.44. The molecule has 1 amide bonds. The van der Waals surface area contributed by atoms with Crippen molar-refractivity contribution >= 4 is 36.0 Å². The Balaban J connectivity index is 0.00000512. The maximum atomic E-state index is 12.4. The van der Waals surface area contributed by atoms with E-state index in [0.29, 0.717) is 24.8 Å². The molecule has 178 valence electrons. The topological polar surface area (TPSA) is 108 Å². The molecule has 1 aromatic carbocycles. The van der Waals surface area contributed by atoms with E-state index in [1.165, 1.54) is 6.26 Å². The van der Waals surface area contributed by atoms with Crippen molar-refractivity contribution in [3.8, 4) is 0 Å². The molecule has 4 N–H and O–H groups in total. The average Bonchev–Trinajstić information content (AvgIpc) is 3.24. The number of carbonyl (C=O) groups excluding carboxylic acids is 1. The van der Waals surface area contributed by atoms with Crippen molar-refractivity contribution in [3.05, 3.63) is 60.1 Å². The van der Waals surface area contributed by atoms with Crippen molar-refractivity contribution in [2.24, 2.45) is 4.99 Å². The van der Waals surface area contributed by atoms with E-state index in [2.05, 4.69) is 20.9 Å². The summed E-state index contributed by atoms with van der Waals surface area (Å²) in [5, 5.41) is 19.9. The number of guanidine groups is 1. The highest BCUT2D eigenvalue weighted by Crippen LogP contribution is 2.21. The molecule has 0 aliphatic carbocycles. The quantitative estimate of drug-likeness (QED) is 0.222. The number of nitrogens with one attached hydrogen (secondary N) is 3. The molecule has 8 nitrogen and oxygen atoms in total. The lowest BCUT2D eigenvalue weighted by Crippen LogP contribution is -2.44. The number of hydrogen-bond acceptors (Lipinski definition) is 5. The molecule has 1 aromatic heterocycles. The number of benzene rings is 1. The van der Waals surface area contributed by atoms with E-state index in [-0.39, 0.29) is 36.6 Å². The summed E-state index contributed by atoms with van der Waals surface area (Å²) in [5.41, 5.74) is -0.897. The first-order chi connectivity index (χ1) is 14.6. The van der Waals surface area contributed by atoms with E-state index in [1.54, 1.807) is 19.1 Å². The Bertz CT molecular complexity index is 833. The van der Waals surface area contributed by atoms with Crippen LogP contribution in [-0.2, 0) is 10.3 Å². The summed E-state index contributed by atoms with van der Waals surface area (Å²) in [7, 11) is 0. The Morgan fingerprint density at radius 1 is 1.12 bits per heavy atom. The van der Waals surface area contributed by atoms with Crippen LogP contribution < -0.4 is 16.0 Å². The predicted octanol–water partition coefficient (Wildman–Crippen LogP) is 3.93. The molecule has 0 radical (unpaired) electrons. The molecule has 2 aromatic rings. The van der Waals surface area contributed by atoms with E-state index in [9.17, 15) is 9.90 Å². The van der Waals surface area contributed by atoms with Crippen LogP contribution in [0, 0.1) is 0 Å². The van der Waals surface area contributed by atoms with Gasteiger partial charge in [-0.15, -0.1) is 24.0 Å². The van der Waals surface area contributed by atoms with Gasteiger partial charge in [-0.2, -0.15) is 0 Å². The fraction of sp³-hybridized carbons (Fsp3) is 0.478. The molecular formula is C23H35IN4O4. The molecule has 2 unspecified atom stereocenters. The number of amides is 1. The minimum Gasteiger partial charge on any atom is -0.466 e. The average molecular weight is 558 g/mol. The fourth-order valence-electron chi connectivity index (χ4n) is 2.82. The maximum Gasteiger partial charge on any atom is 0.408 e. The molecule has 0 bridgehead atoms. The van der Waals surface area contributed by atoms with E-state index in [1.807, 2.05) is 58.0 Å². The van der Waals surface area contributed by atoms with Crippen molar-refractivity contribution in [3.63, 3.8) is 0 Å². The SMILES string of the molecule is CCNC(=NCC(C)(O)c1ccco1)NCC(NC(=O)OC(C)(C)C)c1ccccc1.I. The second-order valence-corrected chi connectivity index (χ2v) is 8.44. The highest BCUT2D eigenvalue weighted by molar-refractivity contribution is 14.0. The zero-order valence-electron chi connectivity index (χ0n) is 19.3. The van der Waals surface area contributed by atoms with Gasteiger partial charge in [0.1, 0.15) is 17.0 Å². The number of halogens is 1. The summed E-state index contributed by atoms with van der Waals surface area (Å²) in [6.07, 6.45) is 1.02. The minimum absolute atomic E-state index is 0. The predicted molar refractivity (Wildman–Crippen MR) is 136 cm³/mol. The van der Waals surface area contributed by atoms with Crippen LogP contribution in [-0.4, -0.2) is 42.4 Å². The molecule has 0 aliphatic heterocycles. The van der Waals surface area contributed by atoms with Gasteiger partial charge < -0.3 is 30.2 Å². The van der Waals surface area contributed by atoms with E-state index < -0.39 is 17.3 Å². The van der Waals surface area contributed by atoms with Crippen LogP contribution in [0.4, 0.5) is 4.79 Å². The van der Waals surface area contributed by atoms with Crippen LogP contribution in [0.5, 0.6) is 0 Å². The summed E-state index contributed by atoms with van der Waals surface area (Å²) >= 11 is 0. The Kier molecular flexibility index (Phi) is 11.0. The van der Waals surface area contributed by atoms with Crippen molar-refractivity contribution in [2.75, 3.05) is 19.6 Å². The third-order valence-electron chi connectivity index (χ3n) is 4.31. The molecule has 0 spiro atoms. The van der Waals surface area contributed by atoms with E-state index in [4.69, 9.17) is 9.15 Å². The maximum absolute atomic E-state index is 12.4. The highest BCUT2D eigenvalue weighted by atomic mass is 127. The lowest BCUT2D eigenvalue weighted by atomic mass is 10.0. The molecule has 0 aliphatic rings. The van der Waals surface area contributed by atoms with Crippen molar-refractivity contribution in [1.82, 2.24) is 16.0 Å². The van der Waals surface area contributed by atoms with Gasteiger partial charge in [-0.25, -0.2) is 9.79 Å². The number of carbonyl (C=O) groups is 1. The van der Waals surface area contributed by atoms with E-state index >= 15 is 0 Å². The number of aliphatic hydroxyl groups is 1. The Labute approximate surface area is 207 Å². The first-order valence-corrected chi connectivity index (χ1v) is 10.4. The molecule has 0 fully saturated rings. The standard InChI is InChI=1S/C23H34N4O4.HI/c1-6-24-20(26-16-23(5,29)19-13-10-14-30-19)25-15-18(17-11-8-7-9-12-17)27-21(28)31-22(2,3)4;/h7-14,18,29H,6,15-16H2,1-5H3,(H,27,28)(H2,24,25,26);1H. The fourth-order valence-corrected chi connectivity index (χ4v) is 2.82. The molecule has 2 atom stereocenters. The Morgan fingerprint density at radius 3 is 2.38 bits per heavy atom. The Morgan fingerprint density at radius 2 is 1.81 bits per heavy atom. The van der Waals surface area contributed by atoms with Crippen LogP contribution in [0.2, 0.25) is 0 Å². The summed E-state index contributed by atoms with van der Waals surface area (Å²) in [6, 6.07) is 12.7. The third-order valence-corrected chi connectivity index (χ3v) is 4.31. The van der Waals surface area contributed by atoms with Gasteiger partial charge in [0, 0.05) is 13.1 Å². The molecule has 0 saturated carbocycles. The van der Waals surface area contributed by atoms with Gasteiger partial charge >= 0.3 is 6.09 Å². The van der Waals surface area contributed by atoms with Gasteiger partial charge in [0.15, 0.2) is 5.96 Å². The molecule has 1 heterocycles. The van der Waals surface area contributed by atoms with Crippen molar-refractivity contribution in [1.29, 1.82) is 0 Å². The molecule has 2 rings (SSSR count). The van der Waals surface area contributed by atoms with Gasteiger partial charge in [-0.05, 0) is 52.3 Å². The normalized spacial score (nSPS) is 14.5. The lowest BCUT2D eigenvalue weighted by molar-refractivity contribution is 0.0437. The Hall–Kier alpha value is -2.27. The lowest BCUT2D eigenvalue weighted by Gasteiger charge is -2.25.